The van der Waals surface area contributed by atoms with Gasteiger partial charge in [0.15, 0.2) is 0 Å². The maximum atomic E-state index is 13.8. The maximum Gasteiger partial charge on any atom is 0.320 e. The molecular formula is C10H17F2NO6. The number of aliphatic hydroxyl groups is 3. The molecule has 0 aromatic heterocycles. The minimum Gasteiger partial charge on any atom is -0.480 e. The Bertz CT molecular complexity index is 329. The van der Waals surface area contributed by atoms with Gasteiger partial charge >= 0.3 is 5.97 Å². The lowest BCUT2D eigenvalue weighted by molar-refractivity contribution is -0.241. The predicted molar refractivity (Wildman–Crippen MR) is 57.6 cm³/mol. The average molecular weight is 285 g/mol. The Morgan fingerprint density at radius 2 is 2.05 bits per heavy atom. The predicted octanol–water partition coefficient (Wildman–Crippen LogP) is -1.70. The molecule has 0 spiro atoms. The van der Waals surface area contributed by atoms with E-state index in [0.29, 0.717) is 0 Å². The summed E-state index contributed by atoms with van der Waals surface area (Å²) in [6.07, 6.45) is -7.84. The van der Waals surface area contributed by atoms with E-state index in [1.165, 1.54) is 0 Å². The number of alkyl halides is 2. The molecule has 1 aliphatic rings. The Morgan fingerprint density at radius 3 is 2.53 bits per heavy atom. The van der Waals surface area contributed by atoms with Gasteiger partial charge in [0.2, 0.25) is 0 Å². The summed E-state index contributed by atoms with van der Waals surface area (Å²) < 4.78 is 32.4. The van der Waals surface area contributed by atoms with E-state index in [-0.39, 0.29) is 0 Å². The molecule has 1 heterocycles. The minimum atomic E-state index is -3.59. The quantitative estimate of drug-likeness (QED) is 0.406. The number of aliphatic hydroxyl groups excluding tert-OH is 3. The number of nitrogens with two attached hydrogens (primary N) is 1. The Balaban J connectivity index is 2.75. The highest BCUT2D eigenvalue weighted by Crippen LogP contribution is 2.34. The van der Waals surface area contributed by atoms with Crippen LogP contribution >= 0.6 is 0 Å². The van der Waals surface area contributed by atoms with Crippen molar-refractivity contribution in [3.63, 3.8) is 0 Å². The SMILES string of the molecule is N[C@@H](CC(F)(F)[C@@H]1C[C@@H](O)[C@@H](O)[C@@H](CO)O1)C(=O)O. The molecule has 9 heteroatoms. The lowest BCUT2D eigenvalue weighted by Crippen LogP contribution is -2.56. The van der Waals surface area contributed by atoms with Gasteiger partial charge in [0.05, 0.1) is 12.7 Å². The molecule has 0 aliphatic carbocycles. The molecule has 112 valence electrons. The van der Waals surface area contributed by atoms with Crippen molar-refractivity contribution in [1.82, 2.24) is 0 Å². The van der Waals surface area contributed by atoms with Crippen LogP contribution in [0.2, 0.25) is 0 Å². The Morgan fingerprint density at radius 1 is 1.47 bits per heavy atom. The van der Waals surface area contributed by atoms with Crippen LogP contribution in [0.5, 0.6) is 0 Å². The number of carboxylic acid groups (broad SMARTS) is 1. The molecule has 0 radical (unpaired) electrons. The Hall–Kier alpha value is -0.870. The summed E-state index contributed by atoms with van der Waals surface area (Å²) in [6.45, 7) is -0.740. The van der Waals surface area contributed by atoms with Crippen LogP contribution in [0.3, 0.4) is 0 Å². The molecule has 0 bridgehead atoms. The largest absolute Gasteiger partial charge is 0.480 e. The number of ether oxygens (including phenoxy) is 1. The molecule has 1 rings (SSSR count). The van der Waals surface area contributed by atoms with E-state index in [2.05, 4.69) is 0 Å². The molecule has 0 aromatic rings. The van der Waals surface area contributed by atoms with Crippen molar-refractivity contribution in [3.05, 3.63) is 0 Å². The van der Waals surface area contributed by atoms with Crippen LogP contribution in [0.25, 0.3) is 0 Å². The molecule has 0 aromatic carbocycles. The summed E-state index contributed by atoms with van der Waals surface area (Å²) in [6, 6.07) is -1.77. The third-order valence-electron chi connectivity index (χ3n) is 3.03. The Kier molecular flexibility index (Phi) is 5.16. The number of carbonyl (C=O) groups is 1. The number of hydrogen-bond acceptors (Lipinski definition) is 6. The topological polar surface area (TPSA) is 133 Å². The normalized spacial score (nSPS) is 34.0. The van der Waals surface area contributed by atoms with E-state index in [1.54, 1.807) is 0 Å². The molecule has 1 saturated heterocycles. The van der Waals surface area contributed by atoms with Crippen molar-refractivity contribution >= 4 is 5.97 Å². The smallest absolute Gasteiger partial charge is 0.320 e. The van der Waals surface area contributed by atoms with Crippen molar-refractivity contribution < 1.29 is 38.7 Å². The van der Waals surface area contributed by atoms with E-state index < -0.39 is 61.8 Å². The molecule has 0 unspecified atom stereocenters. The second-order valence-electron chi connectivity index (χ2n) is 4.55. The summed E-state index contributed by atoms with van der Waals surface area (Å²) in [4.78, 5) is 10.5. The zero-order chi connectivity index (χ0) is 14.8. The van der Waals surface area contributed by atoms with Crippen LogP contribution in [0.15, 0.2) is 0 Å². The van der Waals surface area contributed by atoms with E-state index in [4.69, 9.17) is 20.7 Å². The lowest BCUT2D eigenvalue weighted by atomic mass is 9.92. The van der Waals surface area contributed by atoms with Gasteiger partial charge in [0.1, 0.15) is 24.4 Å². The number of hydrogen-bond donors (Lipinski definition) is 5. The fourth-order valence-electron chi connectivity index (χ4n) is 1.89. The van der Waals surface area contributed by atoms with Gasteiger partial charge in [-0.2, -0.15) is 0 Å². The Labute approximate surface area is 107 Å². The zero-order valence-electron chi connectivity index (χ0n) is 9.95. The standard InChI is InChI=1S/C10H17F2NO6/c11-10(12,2-4(13)9(17)18)7-1-5(15)8(16)6(3-14)19-7/h4-8,14-16H,1-3,13H2,(H,17,18)/t4-,5+,6+,7-,8+/m0/s1. The molecule has 0 saturated carbocycles. The van der Waals surface area contributed by atoms with Crippen molar-refractivity contribution in [2.24, 2.45) is 5.73 Å². The number of rotatable bonds is 5. The maximum absolute atomic E-state index is 13.8. The first-order valence-electron chi connectivity index (χ1n) is 5.67. The second-order valence-corrected chi connectivity index (χ2v) is 4.55. The summed E-state index contributed by atoms with van der Waals surface area (Å²) >= 11 is 0. The first-order valence-corrected chi connectivity index (χ1v) is 5.67. The summed E-state index contributed by atoms with van der Waals surface area (Å²) in [5.74, 6) is -5.17. The van der Waals surface area contributed by atoms with E-state index in [0.717, 1.165) is 0 Å². The third kappa shape index (κ3) is 3.80. The van der Waals surface area contributed by atoms with Gasteiger partial charge in [-0.1, -0.05) is 0 Å². The zero-order valence-corrected chi connectivity index (χ0v) is 9.95. The highest BCUT2D eigenvalue weighted by Gasteiger charge is 2.49. The van der Waals surface area contributed by atoms with E-state index in [9.17, 15) is 23.8 Å². The van der Waals surface area contributed by atoms with Gasteiger partial charge in [0.25, 0.3) is 5.92 Å². The summed E-state index contributed by atoms with van der Waals surface area (Å²) in [5, 5.41) is 36.2. The third-order valence-corrected chi connectivity index (χ3v) is 3.03. The van der Waals surface area contributed by atoms with Crippen LogP contribution < -0.4 is 5.73 Å². The summed E-state index contributed by atoms with van der Waals surface area (Å²) in [5.41, 5.74) is 5.04. The lowest BCUT2D eigenvalue weighted by Gasteiger charge is -2.39. The van der Waals surface area contributed by atoms with Gasteiger partial charge in [-0.3, -0.25) is 4.79 Å². The van der Waals surface area contributed by atoms with Crippen molar-refractivity contribution in [2.75, 3.05) is 6.61 Å². The first kappa shape index (κ1) is 16.2. The van der Waals surface area contributed by atoms with Crippen LogP contribution in [0.1, 0.15) is 12.8 Å². The average Bonchev–Trinajstić information content (AvgIpc) is 2.31. The van der Waals surface area contributed by atoms with E-state index in [1.807, 2.05) is 0 Å². The fraction of sp³-hybridized carbons (Fsp3) is 0.900. The van der Waals surface area contributed by atoms with Crippen LogP contribution in [0, 0.1) is 0 Å². The molecule has 19 heavy (non-hydrogen) atoms. The highest BCUT2D eigenvalue weighted by molar-refractivity contribution is 5.73. The second kappa shape index (κ2) is 6.06. The van der Waals surface area contributed by atoms with Crippen molar-refractivity contribution in [3.8, 4) is 0 Å². The van der Waals surface area contributed by atoms with Gasteiger partial charge < -0.3 is 30.9 Å². The molecule has 7 nitrogen and oxygen atoms in total. The molecule has 1 aliphatic heterocycles. The fourth-order valence-corrected chi connectivity index (χ4v) is 1.89. The monoisotopic (exact) mass is 285 g/mol. The minimum absolute atomic E-state index is 0.572. The van der Waals surface area contributed by atoms with Crippen LogP contribution in [-0.4, -0.2) is 69.4 Å². The molecule has 0 amide bonds. The van der Waals surface area contributed by atoms with Crippen molar-refractivity contribution in [1.29, 1.82) is 0 Å². The van der Waals surface area contributed by atoms with Crippen LogP contribution in [0.4, 0.5) is 8.78 Å². The molecule has 5 atom stereocenters. The number of carboxylic acids is 1. The van der Waals surface area contributed by atoms with Crippen molar-refractivity contribution in [2.45, 2.75) is 49.2 Å². The van der Waals surface area contributed by atoms with Crippen LogP contribution in [-0.2, 0) is 9.53 Å². The number of halogens is 2. The van der Waals surface area contributed by atoms with E-state index >= 15 is 0 Å². The number of aliphatic carboxylic acids is 1. The van der Waals surface area contributed by atoms with Gasteiger partial charge in [-0.05, 0) is 0 Å². The molecule has 6 N–H and O–H groups in total. The van der Waals surface area contributed by atoms with Gasteiger partial charge in [-0.15, -0.1) is 0 Å². The molecular weight excluding hydrogens is 268 g/mol. The van der Waals surface area contributed by atoms with Gasteiger partial charge in [0, 0.05) is 12.8 Å². The summed E-state index contributed by atoms with van der Waals surface area (Å²) in [7, 11) is 0. The molecule has 1 fully saturated rings. The first-order chi connectivity index (χ1) is 8.69. The van der Waals surface area contributed by atoms with Gasteiger partial charge in [-0.25, -0.2) is 8.78 Å². The highest BCUT2D eigenvalue weighted by atomic mass is 19.3.